The van der Waals surface area contributed by atoms with Crippen molar-refractivity contribution in [3.63, 3.8) is 0 Å². The summed E-state index contributed by atoms with van der Waals surface area (Å²) in [7, 11) is 0. The molecule has 33 heavy (non-hydrogen) atoms. The standard InChI is InChI=1S/C27H20N4O2/c32-24(13-10-17-6-2-1-3-7-17)28-18-11-12-23-21(16-18)27(33)31-15-14-20-19-8-4-5-9-22(19)29-25(20)26(31)30-23/h1-9,11-12,14-16,29H,10,13H2,(H,28,32). The smallest absolute Gasteiger partial charge is 0.265 e. The van der Waals surface area contributed by atoms with Crippen LogP contribution in [0.5, 0.6) is 0 Å². The largest absolute Gasteiger partial charge is 0.351 e. The monoisotopic (exact) mass is 432 g/mol. The van der Waals surface area contributed by atoms with Crippen LogP contribution in [0.2, 0.25) is 0 Å². The third-order valence-corrected chi connectivity index (χ3v) is 6.03. The first-order chi connectivity index (χ1) is 16.2. The lowest BCUT2D eigenvalue weighted by molar-refractivity contribution is -0.116. The first-order valence-electron chi connectivity index (χ1n) is 10.9. The zero-order valence-electron chi connectivity index (χ0n) is 17.7. The van der Waals surface area contributed by atoms with Crippen LogP contribution in [0.3, 0.4) is 0 Å². The van der Waals surface area contributed by atoms with Crippen LogP contribution in [0.4, 0.5) is 5.69 Å². The number of carbonyl (C=O) groups excluding carboxylic acids is 1. The summed E-state index contributed by atoms with van der Waals surface area (Å²) in [6, 6.07) is 25.1. The number of carbonyl (C=O) groups is 1. The Bertz CT molecular complexity index is 1730. The van der Waals surface area contributed by atoms with Crippen LogP contribution < -0.4 is 10.9 Å². The van der Waals surface area contributed by atoms with E-state index >= 15 is 0 Å². The lowest BCUT2D eigenvalue weighted by atomic mass is 10.1. The highest BCUT2D eigenvalue weighted by Gasteiger charge is 2.13. The van der Waals surface area contributed by atoms with Gasteiger partial charge in [-0.05, 0) is 42.3 Å². The molecule has 0 radical (unpaired) electrons. The summed E-state index contributed by atoms with van der Waals surface area (Å²) < 4.78 is 1.56. The molecule has 0 aliphatic rings. The van der Waals surface area contributed by atoms with Crippen LogP contribution in [0.1, 0.15) is 12.0 Å². The number of amides is 1. The number of fused-ring (bicyclic) bond motifs is 6. The van der Waals surface area contributed by atoms with Crippen LogP contribution in [-0.2, 0) is 11.2 Å². The Morgan fingerprint density at radius 2 is 1.73 bits per heavy atom. The van der Waals surface area contributed by atoms with Crippen molar-refractivity contribution >= 4 is 50.0 Å². The van der Waals surface area contributed by atoms with Gasteiger partial charge in [-0.2, -0.15) is 0 Å². The summed E-state index contributed by atoms with van der Waals surface area (Å²) in [5, 5.41) is 5.49. The zero-order chi connectivity index (χ0) is 22.4. The quantitative estimate of drug-likeness (QED) is 0.383. The van der Waals surface area contributed by atoms with Crippen molar-refractivity contribution in [1.82, 2.24) is 14.4 Å². The first-order valence-corrected chi connectivity index (χ1v) is 10.9. The van der Waals surface area contributed by atoms with Gasteiger partial charge in [-0.1, -0.05) is 48.5 Å². The van der Waals surface area contributed by atoms with Crippen molar-refractivity contribution in [3.05, 3.63) is 101 Å². The average molecular weight is 432 g/mol. The molecule has 3 aromatic carbocycles. The second kappa shape index (κ2) is 7.60. The molecule has 3 aromatic heterocycles. The van der Waals surface area contributed by atoms with Gasteiger partial charge in [0.1, 0.15) is 0 Å². The number of nitrogens with zero attached hydrogens (tertiary/aromatic N) is 2. The number of hydrogen-bond acceptors (Lipinski definition) is 3. The van der Waals surface area contributed by atoms with Crippen LogP contribution in [0.15, 0.2) is 89.9 Å². The van der Waals surface area contributed by atoms with Crippen molar-refractivity contribution in [2.75, 3.05) is 5.32 Å². The Morgan fingerprint density at radius 3 is 2.61 bits per heavy atom. The predicted octanol–water partition coefficient (Wildman–Crippen LogP) is 5.05. The van der Waals surface area contributed by atoms with Gasteiger partial charge in [-0.15, -0.1) is 0 Å². The van der Waals surface area contributed by atoms with Crippen LogP contribution in [-0.4, -0.2) is 20.3 Å². The summed E-state index contributed by atoms with van der Waals surface area (Å²) in [5.41, 5.74) is 4.54. The molecule has 6 heteroatoms. The Morgan fingerprint density at radius 1 is 0.909 bits per heavy atom. The topological polar surface area (TPSA) is 79.3 Å². The van der Waals surface area contributed by atoms with Gasteiger partial charge in [-0.25, -0.2) is 4.98 Å². The summed E-state index contributed by atoms with van der Waals surface area (Å²) in [5.74, 6) is -0.0909. The van der Waals surface area contributed by atoms with E-state index in [2.05, 4.69) is 16.4 Å². The minimum atomic E-state index is -0.170. The molecule has 6 rings (SSSR count). The van der Waals surface area contributed by atoms with E-state index in [0.29, 0.717) is 35.1 Å². The van der Waals surface area contributed by atoms with E-state index < -0.39 is 0 Å². The molecule has 0 fully saturated rings. The lowest BCUT2D eigenvalue weighted by Crippen LogP contribution is -2.16. The fraction of sp³-hybridized carbons (Fsp3) is 0.0741. The maximum Gasteiger partial charge on any atom is 0.265 e. The summed E-state index contributed by atoms with van der Waals surface area (Å²) in [6.07, 6.45) is 2.79. The highest BCUT2D eigenvalue weighted by molar-refractivity contribution is 6.11. The number of H-pyrrole nitrogens is 1. The summed E-state index contributed by atoms with van der Waals surface area (Å²) in [6.45, 7) is 0. The molecule has 160 valence electrons. The van der Waals surface area contributed by atoms with E-state index in [4.69, 9.17) is 4.98 Å². The van der Waals surface area contributed by atoms with Crippen molar-refractivity contribution in [3.8, 4) is 0 Å². The predicted molar refractivity (Wildman–Crippen MR) is 132 cm³/mol. The molecule has 0 bridgehead atoms. The van der Waals surface area contributed by atoms with Gasteiger partial charge in [-0.3, -0.25) is 14.0 Å². The number of rotatable bonds is 4. The molecule has 0 atom stereocenters. The molecule has 0 saturated heterocycles. The number of benzene rings is 3. The minimum Gasteiger partial charge on any atom is -0.351 e. The Hall–Kier alpha value is -4.45. The van der Waals surface area contributed by atoms with E-state index in [9.17, 15) is 9.59 Å². The SMILES string of the molecule is O=C(CCc1ccccc1)Nc1ccc2nc3c4[nH]c5ccccc5c4ccn3c(=O)c2c1. The molecular weight excluding hydrogens is 412 g/mol. The highest BCUT2D eigenvalue weighted by atomic mass is 16.1. The lowest BCUT2D eigenvalue weighted by Gasteiger charge is -2.08. The Labute approximate surface area is 188 Å². The number of aryl methyl sites for hydroxylation is 1. The summed E-state index contributed by atoms with van der Waals surface area (Å²) >= 11 is 0. The Balaban J connectivity index is 1.37. The van der Waals surface area contributed by atoms with Crippen LogP contribution in [0, 0.1) is 0 Å². The van der Waals surface area contributed by atoms with E-state index in [1.54, 1.807) is 28.8 Å². The van der Waals surface area contributed by atoms with Gasteiger partial charge < -0.3 is 10.3 Å². The van der Waals surface area contributed by atoms with Crippen molar-refractivity contribution in [2.45, 2.75) is 12.8 Å². The molecule has 1 amide bonds. The van der Waals surface area contributed by atoms with Gasteiger partial charge in [0.2, 0.25) is 5.91 Å². The van der Waals surface area contributed by atoms with Crippen molar-refractivity contribution in [2.24, 2.45) is 0 Å². The summed E-state index contributed by atoms with van der Waals surface area (Å²) in [4.78, 5) is 33.9. The molecule has 0 saturated carbocycles. The molecule has 0 aliphatic heterocycles. The maximum atomic E-state index is 13.3. The second-order valence-electron chi connectivity index (χ2n) is 8.15. The van der Waals surface area contributed by atoms with Crippen LogP contribution >= 0.6 is 0 Å². The number of para-hydroxylation sites is 1. The van der Waals surface area contributed by atoms with E-state index in [-0.39, 0.29) is 11.5 Å². The van der Waals surface area contributed by atoms with Crippen LogP contribution in [0.25, 0.3) is 38.4 Å². The van der Waals surface area contributed by atoms with E-state index in [1.165, 1.54) is 0 Å². The number of pyridine rings is 1. The third kappa shape index (κ3) is 3.32. The molecule has 6 aromatic rings. The molecule has 0 spiro atoms. The third-order valence-electron chi connectivity index (χ3n) is 6.03. The number of nitrogens with one attached hydrogen (secondary N) is 2. The van der Waals surface area contributed by atoms with Gasteiger partial charge in [0.25, 0.3) is 5.56 Å². The molecule has 0 aliphatic carbocycles. The molecule has 2 N–H and O–H groups in total. The maximum absolute atomic E-state index is 13.3. The highest BCUT2D eigenvalue weighted by Crippen LogP contribution is 2.27. The fourth-order valence-electron chi connectivity index (χ4n) is 4.38. The number of aromatic nitrogens is 3. The number of aromatic amines is 1. The Kier molecular flexibility index (Phi) is 4.43. The molecular formula is C27H20N4O2. The average Bonchev–Trinajstić information content (AvgIpc) is 3.23. The van der Waals surface area contributed by atoms with Gasteiger partial charge in [0.05, 0.1) is 16.4 Å². The first kappa shape index (κ1) is 19.3. The second-order valence-corrected chi connectivity index (χ2v) is 8.15. The number of hydrogen-bond donors (Lipinski definition) is 2. The van der Waals surface area contributed by atoms with Gasteiger partial charge >= 0.3 is 0 Å². The molecule has 0 unspecified atom stereocenters. The number of anilines is 1. The van der Waals surface area contributed by atoms with E-state index in [0.717, 1.165) is 27.4 Å². The minimum absolute atomic E-state index is 0.0909. The van der Waals surface area contributed by atoms with Gasteiger partial charge in [0, 0.05) is 34.6 Å². The normalized spacial score (nSPS) is 11.5. The molecule has 3 heterocycles. The van der Waals surface area contributed by atoms with Crippen molar-refractivity contribution < 1.29 is 4.79 Å². The van der Waals surface area contributed by atoms with Gasteiger partial charge in [0.15, 0.2) is 5.65 Å². The molecule has 6 nitrogen and oxygen atoms in total. The fourth-order valence-corrected chi connectivity index (χ4v) is 4.38. The van der Waals surface area contributed by atoms with E-state index in [1.807, 2.05) is 54.6 Å². The van der Waals surface area contributed by atoms with Crippen molar-refractivity contribution in [1.29, 1.82) is 0 Å². The zero-order valence-corrected chi connectivity index (χ0v) is 17.7.